The van der Waals surface area contributed by atoms with Crippen LogP contribution < -0.4 is 16.2 Å². The molecule has 0 aliphatic heterocycles. The first-order valence-corrected chi connectivity index (χ1v) is 10.9. The summed E-state index contributed by atoms with van der Waals surface area (Å²) in [6, 6.07) is 3.62. The van der Waals surface area contributed by atoms with Crippen molar-refractivity contribution >= 4 is 33.4 Å². The Balaban J connectivity index is 1.29. The summed E-state index contributed by atoms with van der Waals surface area (Å²) >= 11 is 1.61. The van der Waals surface area contributed by atoms with Crippen LogP contribution in [0.1, 0.15) is 35.3 Å². The second kappa shape index (κ2) is 9.17. The molecule has 0 unspecified atom stereocenters. The van der Waals surface area contributed by atoms with Crippen molar-refractivity contribution < 1.29 is 9.59 Å². The van der Waals surface area contributed by atoms with Gasteiger partial charge in [-0.2, -0.15) is 0 Å². The number of nitrogens with zero attached hydrogens (tertiary/aromatic N) is 3. The lowest BCUT2D eigenvalue weighted by atomic mass is 9.97. The molecule has 0 radical (unpaired) electrons. The molecule has 0 spiro atoms. The quantitative estimate of drug-likeness (QED) is 0.598. The van der Waals surface area contributed by atoms with Crippen molar-refractivity contribution in [3.8, 4) is 0 Å². The zero-order chi connectivity index (χ0) is 20.9. The second-order valence-corrected chi connectivity index (χ2v) is 8.38. The van der Waals surface area contributed by atoms with Gasteiger partial charge in [-0.1, -0.05) is 0 Å². The Morgan fingerprint density at radius 3 is 2.73 bits per heavy atom. The van der Waals surface area contributed by atoms with Crippen LogP contribution in [0, 0.1) is 0 Å². The van der Waals surface area contributed by atoms with Gasteiger partial charge in [0, 0.05) is 36.8 Å². The zero-order valence-corrected chi connectivity index (χ0v) is 17.3. The van der Waals surface area contributed by atoms with Crippen molar-refractivity contribution in [1.29, 1.82) is 0 Å². The lowest BCUT2D eigenvalue weighted by molar-refractivity contribution is -0.126. The van der Waals surface area contributed by atoms with E-state index < -0.39 is 0 Å². The van der Waals surface area contributed by atoms with Crippen molar-refractivity contribution in [2.75, 3.05) is 6.54 Å². The van der Waals surface area contributed by atoms with Crippen LogP contribution in [0.2, 0.25) is 0 Å². The number of rotatable bonds is 7. The van der Waals surface area contributed by atoms with Gasteiger partial charge >= 0.3 is 0 Å². The molecule has 156 valence electrons. The average Bonchev–Trinajstić information content (AvgIpc) is 3.16. The van der Waals surface area contributed by atoms with Crippen molar-refractivity contribution in [2.24, 2.45) is 0 Å². The molecular formula is C21H23N5O3S. The molecule has 0 bridgehead atoms. The number of carbonyl (C=O) groups excluding carboxylic acids is 2. The van der Waals surface area contributed by atoms with Crippen LogP contribution in [0.4, 0.5) is 0 Å². The Morgan fingerprint density at radius 1 is 1.10 bits per heavy atom. The number of aryl methyl sites for hydroxylation is 3. The molecule has 0 aromatic carbocycles. The van der Waals surface area contributed by atoms with Gasteiger partial charge in [0.05, 0.1) is 18.3 Å². The summed E-state index contributed by atoms with van der Waals surface area (Å²) < 4.78 is 1.49. The van der Waals surface area contributed by atoms with Crippen LogP contribution in [-0.2, 0) is 35.5 Å². The number of hydrogen-bond donors (Lipinski definition) is 2. The highest BCUT2D eigenvalue weighted by molar-refractivity contribution is 7.18. The molecule has 1 aliphatic rings. The minimum atomic E-state index is -0.284. The lowest BCUT2D eigenvalue weighted by Crippen LogP contribution is -2.37. The predicted octanol–water partition coefficient (Wildman–Crippen LogP) is 1.55. The number of pyridine rings is 1. The van der Waals surface area contributed by atoms with Crippen LogP contribution in [0.25, 0.3) is 10.2 Å². The maximum atomic E-state index is 12.9. The minimum absolute atomic E-state index is 0.0812. The molecule has 4 rings (SSSR count). The van der Waals surface area contributed by atoms with Crippen molar-refractivity contribution in [2.45, 2.75) is 45.2 Å². The van der Waals surface area contributed by atoms with E-state index in [4.69, 9.17) is 0 Å². The van der Waals surface area contributed by atoms with E-state index in [9.17, 15) is 14.4 Å². The van der Waals surface area contributed by atoms with E-state index in [1.54, 1.807) is 23.7 Å². The average molecular weight is 426 g/mol. The topological polar surface area (TPSA) is 106 Å². The number of aromatic nitrogens is 3. The molecule has 3 aromatic heterocycles. The van der Waals surface area contributed by atoms with E-state index in [-0.39, 0.29) is 36.9 Å². The maximum absolute atomic E-state index is 12.9. The fourth-order valence-electron chi connectivity index (χ4n) is 3.59. The molecule has 30 heavy (non-hydrogen) atoms. The van der Waals surface area contributed by atoms with Gasteiger partial charge in [-0.3, -0.25) is 23.9 Å². The fourth-order valence-corrected chi connectivity index (χ4v) is 4.81. The Hall–Kier alpha value is -3.07. The summed E-state index contributed by atoms with van der Waals surface area (Å²) in [5.74, 6) is -0.557. The van der Waals surface area contributed by atoms with Gasteiger partial charge in [0.2, 0.25) is 11.8 Å². The standard InChI is InChI=1S/C21H23N5O3S/c27-17(24-12-18(28)23-11-14-5-8-22-9-6-14)7-10-26-13-25-20-19(21(26)29)15-3-1-2-4-16(15)30-20/h5-6,8-9,13H,1-4,7,10-12H2,(H,23,28)(H,24,27). The maximum Gasteiger partial charge on any atom is 0.262 e. The minimum Gasteiger partial charge on any atom is -0.350 e. The van der Waals surface area contributed by atoms with Gasteiger partial charge in [0.25, 0.3) is 5.56 Å². The van der Waals surface area contributed by atoms with Gasteiger partial charge in [0.1, 0.15) is 4.83 Å². The van der Waals surface area contributed by atoms with E-state index in [2.05, 4.69) is 20.6 Å². The first-order chi connectivity index (χ1) is 14.6. The lowest BCUT2D eigenvalue weighted by Gasteiger charge is -2.10. The van der Waals surface area contributed by atoms with Crippen LogP contribution in [0.5, 0.6) is 0 Å². The van der Waals surface area contributed by atoms with Gasteiger partial charge in [-0.25, -0.2) is 4.98 Å². The molecular weight excluding hydrogens is 402 g/mol. The predicted molar refractivity (Wildman–Crippen MR) is 114 cm³/mol. The second-order valence-electron chi connectivity index (χ2n) is 7.29. The summed E-state index contributed by atoms with van der Waals surface area (Å²) in [6.45, 7) is 0.508. The van der Waals surface area contributed by atoms with E-state index in [1.165, 1.54) is 15.8 Å². The van der Waals surface area contributed by atoms with Gasteiger partial charge in [-0.05, 0) is 48.9 Å². The molecule has 0 atom stereocenters. The smallest absolute Gasteiger partial charge is 0.262 e. The number of hydrogen-bond acceptors (Lipinski definition) is 6. The number of fused-ring (bicyclic) bond motifs is 3. The molecule has 0 saturated carbocycles. The summed E-state index contributed by atoms with van der Waals surface area (Å²) in [4.78, 5) is 47.3. The summed E-state index contributed by atoms with van der Waals surface area (Å²) in [5.41, 5.74) is 1.99. The molecule has 3 heterocycles. The number of carbonyl (C=O) groups is 2. The third-order valence-corrected chi connectivity index (χ3v) is 6.41. The SMILES string of the molecule is O=C(CCn1cnc2sc3c(c2c1=O)CCCC3)NCC(=O)NCc1ccncc1. The highest BCUT2D eigenvalue weighted by atomic mass is 32.1. The molecule has 9 heteroatoms. The van der Waals surface area contributed by atoms with Gasteiger partial charge in [-0.15, -0.1) is 11.3 Å². The van der Waals surface area contributed by atoms with Crippen LogP contribution in [0.3, 0.4) is 0 Å². The van der Waals surface area contributed by atoms with Crippen LogP contribution in [-0.4, -0.2) is 32.9 Å². The van der Waals surface area contributed by atoms with Crippen molar-refractivity contribution in [3.63, 3.8) is 0 Å². The summed E-state index contributed by atoms with van der Waals surface area (Å²) in [6.07, 6.45) is 9.13. The Kier molecular flexibility index (Phi) is 6.18. The van der Waals surface area contributed by atoms with Crippen LogP contribution >= 0.6 is 11.3 Å². The van der Waals surface area contributed by atoms with E-state index in [1.807, 2.05) is 12.1 Å². The summed E-state index contributed by atoms with van der Waals surface area (Å²) in [5, 5.41) is 6.05. The molecule has 8 nitrogen and oxygen atoms in total. The molecule has 2 N–H and O–H groups in total. The Bertz CT molecular complexity index is 1120. The highest BCUT2D eigenvalue weighted by Gasteiger charge is 2.20. The normalized spacial score (nSPS) is 13.1. The molecule has 0 fully saturated rings. The molecule has 1 aliphatic carbocycles. The highest BCUT2D eigenvalue weighted by Crippen LogP contribution is 2.33. The molecule has 3 aromatic rings. The van der Waals surface area contributed by atoms with Crippen LogP contribution in [0.15, 0.2) is 35.6 Å². The van der Waals surface area contributed by atoms with E-state index in [0.29, 0.717) is 11.9 Å². The fraction of sp³-hybridized carbons (Fsp3) is 0.381. The molecule has 0 saturated heterocycles. The van der Waals surface area contributed by atoms with Gasteiger partial charge in [0.15, 0.2) is 0 Å². The third kappa shape index (κ3) is 4.56. The Labute approximate surface area is 177 Å². The first kappa shape index (κ1) is 20.2. The zero-order valence-electron chi connectivity index (χ0n) is 16.5. The third-order valence-electron chi connectivity index (χ3n) is 5.21. The number of nitrogens with one attached hydrogen (secondary N) is 2. The first-order valence-electron chi connectivity index (χ1n) is 10.0. The summed E-state index contributed by atoms with van der Waals surface area (Å²) in [7, 11) is 0. The van der Waals surface area contributed by atoms with E-state index in [0.717, 1.165) is 41.6 Å². The largest absolute Gasteiger partial charge is 0.350 e. The van der Waals surface area contributed by atoms with Crippen molar-refractivity contribution in [3.05, 3.63) is 57.2 Å². The van der Waals surface area contributed by atoms with E-state index >= 15 is 0 Å². The number of amides is 2. The Morgan fingerprint density at radius 2 is 1.90 bits per heavy atom. The molecule has 2 amide bonds. The number of thiophene rings is 1. The van der Waals surface area contributed by atoms with Gasteiger partial charge < -0.3 is 10.6 Å². The monoisotopic (exact) mass is 425 g/mol. The van der Waals surface area contributed by atoms with Crippen molar-refractivity contribution in [1.82, 2.24) is 25.2 Å².